The zero-order valence-electron chi connectivity index (χ0n) is 9.42. The van der Waals surface area contributed by atoms with Crippen LogP contribution in [0.5, 0.6) is 0 Å². The first kappa shape index (κ1) is 11.3. The van der Waals surface area contributed by atoms with Crippen LogP contribution >= 0.6 is 0 Å². The summed E-state index contributed by atoms with van der Waals surface area (Å²) in [6, 6.07) is 0. The van der Waals surface area contributed by atoms with Crippen LogP contribution in [0.1, 0.15) is 32.6 Å². The zero-order valence-corrected chi connectivity index (χ0v) is 9.42. The monoisotopic (exact) mass is 215 g/mol. The van der Waals surface area contributed by atoms with Crippen molar-refractivity contribution in [3.05, 3.63) is 0 Å². The average molecular weight is 215 g/mol. The van der Waals surface area contributed by atoms with Gasteiger partial charge in [-0.3, -0.25) is 0 Å². The van der Waals surface area contributed by atoms with E-state index in [-0.39, 0.29) is 5.79 Å². The number of hydrogen-bond acceptors (Lipinski definition) is 4. The van der Waals surface area contributed by atoms with Crippen LogP contribution in [0.15, 0.2) is 0 Å². The molecule has 2 aliphatic rings. The minimum Gasteiger partial charge on any atom is -0.389 e. The highest BCUT2D eigenvalue weighted by Crippen LogP contribution is 2.39. The minimum atomic E-state index is -0.559. The van der Waals surface area contributed by atoms with E-state index in [1.807, 2.05) is 0 Å². The Balaban J connectivity index is 1.85. The Kier molecular flexibility index (Phi) is 3.30. The van der Waals surface area contributed by atoms with Crippen LogP contribution in [0.4, 0.5) is 0 Å². The Morgan fingerprint density at radius 1 is 1.13 bits per heavy atom. The molecule has 1 aliphatic heterocycles. The highest BCUT2D eigenvalue weighted by molar-refractivity contribution is 4.92. The number of hydrogen-bond donors (Lipinski definition) is 2. The van der Waals surface area contributed by atoms with Crippen LogP contribution in [0.25, 0.3) is 0 Å². The van der Waals surface area contributed by atoms with Crippen molar-refractivity contribution in [3.8, 4) is 0 Å². The maximum absolute atomic E-state index is 10.3. The number of rotatable bonds is 3. The van der Waals surface area contributed by atoms with Gasteiger partial charge in [-0.15, -0.1) is 0 Å². The molecular weight excluding hydrogens is 194 g/mol. The van der Waals surface area contributed by atoms with E-state index in [4.69, 9.17) is 9.47 Å². The third-order valence-electron chi connectivity index (χ3n) is 3.46. The molecule has 4 nitrogen and oxygen atoms in total. The van der Waals surface area contributed by atoms with E-state index < -0.39 is 5.60 Å². The molecule has 88 valence electrons. The van der Waals surface area contributed by atoms with E-state index in [2.05, 4.69) is 12.2 Å². The lowest BCUT2D eigenvalue weighted by Gasteiger charge is -2.40. The van der Waals surface area contributed by atoms with E-state index in [0.29, 0.717) is 19.8 Å². The molecular formula is C11H21NO3. The van der Waals surface area contributed by atoms with Crippen molar-refractivity contribution in [2.45, 2.75) is 44.0 Å². The standard InChI is InChI=1S/C11H21NO3/c1-2-12-9-10(13)3-5-11(6-4-10)14-7-8-15-11/h12-13H,2-9H2,1H3. The van der Waals surface area contributed by atoms with Crippen LogP contribution in [0, 0.1) is 0 Å². The maximum Gasteiger partial charge on any atom is 0.168 e. The van der Waals surface area contributed by atoms with Crippen molar-refractivity contribution < 1.29 is 14.6 Å². The van der Waals surface area contributed by atoms with Gasteiger partial charge in [0.2, 0.25) is 0 Å². The van der Waals surface area contributed by atoms with E-state index in [1.165, 1.54) is 0 Å². The lowest BCUT2D eigenvalue weighted by molar-refractivity contribution is -0.201. The summed E-state index contributed by atoms with van der Waals surface area (Å²) in [6.07, 6.45) is 3.16. The van der Waals surface area contributed by atoms with Gasteiger partial charge in [0, 0.05) is 19.4 Å². The van der Waals surface area contributed by atoms with Gasteiger partial charge in [0.15, 0.2) is 5.79 Å². The largest absolute Gasteiger partial charge is 0.389 e. The van der Waals surface area contributed by atoms with Crippen LogP contribution in [0.3, 0.4) is 0 Å². The van der Waals surface area contributed by atoms with Gasteiger partial charge in [-0.2, -0.15) is 0 Å². The molecule has 15 heavy (non-hydrogen) atoms. The third-order valence-corrected chi connectivity index (χ3v) is 3.46. The molecule has 1 spiro atoms. The van der Waals surface area contributed by atoms with E-state index in [1.54, 1.807) is 0 Å². The van der Waals surface area contributed by atoms with E-state index in [9.17, 15) is 5.11 Å². The summed E-state index contributed by atoms with van der Waals surface area (Å²) < 4.78 is 11.3. The van der Waals surface area contributed by atoms with Gasteiger partial charge in [0.05, 0.1) is 18.8 Å². The fourth-order valence-electron chi connectivity index (χ4n) is 2.42. The summed E-state index contributed by atoms with van der Waals surface area (Å²) in [7, 11) is 0. The van der Waals surface area contributed by atoms with Crippen molar-refractivity contribution in [1.82, 2.24) is 5.32 Å². The molecule has 0 radical (unpaired) electrons. The SMILES string of the molecule is CCNCC1(O)CCC2(CC1)OCCO2. The molecule has 1 aliphatic carbocycles. The highest BCUT2D eigenvalue weighted by Gasteiger charge is 2.45. The molecule has 2 N–H and O–H groups in total. The first-order valence-electron chi connectivity index (χ1n) is 5.89. The topological polar surface area (TPSA) is 50.7 Å². The Bertz CT molecular complexity index is 204. The molecule has 0 aromatic rings. The van der Waals surface area contributed by atoms with Crippen LogP contribution < -0.4 is 5.32 Å². The fourth-order valence-corrected chi connectivity index (χ4v) is 2.42. The second-order valence-corrected chi connectivity index (χ2v) is 4.61. The van der Waals surface area contributed by atoms with Gasteiger partial charge >= 0.3 is 0 Å². The Hall–Kier alpha value is -0.160. The van der Waals surface area contributed by atoms with Crippen LogP contribution in [0.2, 0.25) is 0 Å². The number of aliphatic hydroxyl groups is 1. The maximum atomic E-state index is 10.3. The summed E-state index contributed by atoms with van der Waals surface area (Å²) in [6.45, 7) is 5.04. The quantitative estimate of drug-likeness (QED) is 0.725. The number of ether oxygens (including phenoxy) is 2. The molecule has 0 atom stereocenters. The molecule has 1 saturated carbocycles. The zero-order chi connectivity index (χ0) is 10.8. The van der Waals surface area contributed by atoms with Crippen molar-refractivity contribution in [2.24, 2.45) is 0 Å². The predicted octanol–water partition coefficient (Wildman–Crippen LogP) is 0.644. The van der Waals surface area contributed by atoms with Crippen molar-refractivity contribution in [3.63, 3.8) is 0 Å². The molecule has 0 amide bonds. The van der Waals surface area contributed by atoms with Crippen molar-refractivity contribution >= 4 is 0 Å². The lowest BCUT2D eigenvalue weighted by Crippen LogP contribution is -2.48. The predicted molar refractivity (Wildman–Crippen MR) is 56.6 cm³/mol. The molecule has 4 heteroatoms. The van der Waals surface area contributed by atoms with Gasteiger partial charge in [-0.05, 0) is 19.4 Å². The summed E-state index contributed by atoms with van der Waals surface area (Å²) in [5.41, 5.74) is -0.559. The summed E-state index contributed by atoms with van der Waals surface area (Å²) in [5.74, 6) is -0.363. The molecule has 2 rings (SSSR count). The lowest BCUT2D eigenvalue weighted by atomic mass is 9.81. The second kappa shape index (κ2) is 4.37. The molecule has 0 unspecified atom stereocenters. The first-order chi connectivity index (χ1) is 7.18. The minimum absolute atomic E-state index is 0.363. The van der Waals surface area contributed by atoms with Gasteiger partial charge in [-0.25, -0.2) is 0 Å². The van der Waals surface area contributed by atoms with Gasteiger partial charge in [-0.1, -0.05) is 6.92 Å². The summed E-state index contributed by atoms with van der Waals surface area (Å²) in [4.78, 5) is 0. The fraction of sp³-hybridized carbons (Fsp3) is 1.00. The van der Waals surface area contributed by atoms with Crippen molar-refractivity contribution in [1.29, 1.82) is 0 Å². The molecule has 0 aromatic heterocycles. The van der Waals surface area contributed by atoms with Gasteiger partial charge < -0.3 is 19.9 Å². The Morgan fingerprint density at radius 2 is 1.73 bits per heavy atom. The number of nitrogens with one attached hydrogen (secondary N) is 1. The molecule has 1 saturated heterocycles. The van der Waals surface area contributed by atoms with E-state index in [0.717, 1.165) is 32.2 Å². The summed E-state index contributed by atoms with van der Waals surface area (Å²) in [5, 5.41) is 13.5. The smallest absolute Gasteiger partial charge is 0.168 e. The highest BCUT2D eigenvalue weighted by atomic mass is 16.7. The number of likely N-dealkylation sites (N-methyl/N-ethyl adjacent to an activating group) is 1. The first-order valence-corrected chi connectivity index (χ1v) is 5.89. The Labute approximate surface area is 90.9 Å². The Morgan fingerprint density at radius 3 is 2.27 bits per heavy atom. The summed E-state index contributed by atoms with van der Waals surface area (Å²) >= 11 is 0. The normalized spacial score (nSPS) is 28.4. The average Bonchev–Trinajstić information content (AvgIpc) is 2.70. The second-order valence-electron chi connectivity index (χ2n) is 4.61. The third kappa shape index (κ3) is 2.50. The van der Waals surface area contributed by atoms with E-state index >= 15 is 0 Å². The van der Waals surface area contributed by atoms with Crippen molar-refractivity contribution in [2.75, 3.05) is 26.3 Å². The molecule has 1 heterocycles. The molecule has 0 bridgehead atoms. The van der Waals surface area contributed by atoms with Gasteiger partial charge in [0.25, 0.3) is 0 Å². The van der Waals surface area contributed by atoms with Gasteiger partial charge in [0.1, 0.15) is 0 Å². The van der Waals surface area contributed by atoms with Crippen LogP contribution in [-0.4, -0.2) is 42.8 Å². The molecule has 0 aromatic carbocycles. The molecule has 2 fully saturated rings. The van der Waals surface area contributed by atoms with Crippen LogP contribution in [-0.2, 0) is 9.47 Å².